The molecule has 2 amide bonds. The second-order valence-electron chi connectivity index (χ2n) is 4.20. The first-order valence-corrected chi connectivity index (χ1v) is 6.43. The molecule has 0 fully saturated rings. The van der Waals surface area contributed by atoms with Crippen LogP contribution in [0.1, 0.15) is 11.1 Å². The van der Waals surface area contributed by atoms with Crippen molar-refractivity contribution in [3.05, 3.63) is 64.9 Å². The second-order valence-corrected chi connectivity index (χ2v) is 4.64. The van der Waals surface area contributed by atoms with Crippen LogP contribution in [0.4, 0.5) is 10.6 Å². The van der Waals surface area contributed by atoms with E-state index >= 15 is 0 Å². The molecule has 0 aliphatic carbocycles. The number of nitrogens with zero attached hydrogens (tertiary/aromatic N) is 1. The lowest BCUT2D eigenvalue weighted by Gasteiger charge is -2.04. The van der Waals surface area contributed by atoms with Crippen LogP contribution in [0.5, 0.6) is 0 Å². The number of benzene rings is 1. The largest absolute Gasteiger partial charge is 0.324 e. The lowest BCUT2D eigenvalue weighted by atomic mass is 10.2. The number of halogens is 1. The average Bonchev–Trinajstić information content (AvgIpc) is 2.41. The van der Waals surface area contributed by atoms with Crippen molar-refractivity contribution in [1.29, 1.82) is 0 Å². The van der Waals surface area contributed by atoms with Gasteiger partial charge in [0.25, 0.3) is 0 Å². The third-order valence-electron chi connectivity index (χ3n) is 2.52. The maximum absolute atomic E-state index is 11.6. The first kappa shape index (κ1) is 14.1. The molecule has 0 spiro atoms. The summed E-state index contributed by atoms with van der Waals surface area (Å²) in [5, 5.41) is 5.93. The normalized spacial score (nSPS) is 10.5. The number of aryl methyl sites for hydroxylation is 1. The summed E-state index contributed by atoms with van der Waals surface area (Å²) >= 11 is 5.79. The van der Waals surface area contributed by atoms with Gasteiger partial charge in [-0.25, -0.2) is 9.78 Å². The fourth-order valence-corrected chi connectivity index (χ4v) is 1.67. The van der Waals surface area contributed by atoms with Gasteiger partial charge in [-0.2, -0.15) is 0 Å². The third-order valence-corrected chi connectivity index (χ3v) is 2.77. The lowest BCUT2D eigenvalue weighted by Crippen LogP contribution is -2.24. The van der Waals surface area contributed by atoms with Gasteiger partial charge in [-0.3, -0.25) is 5.32 Å². The van der Waals surface area contributed by atoms with E-state index in [0.717, 1.165) is 11.1 Å². The van der Waals surface area contributed by atoms with E-state index in [2.05, 4.69) is 15.6 Å². The van der Waals surface area contributed by atoms with Crippen molar-refractivity contribution in [2.75, 3.05) is 5.32 Å². The van der Waals surface area contributed by atoms with E-state index in [9.17, 15) is 4.79 Å². The summed E-state index contributed by atoms with van der Waals surface area (Å²) in [6.07, 6.45) is 4.99. The molecule has 0 aliphatic rings. The molecule has 2 aromatic rings. The monoisotopic (exact) mass is 287 g/mol. The smallest absolute Gasteiger partial charge is 0.314 e. The van der Waals surface area contributed by atoms with Gasteiger partial charge in [-0.05, 0) is 48.4 Å². The van der Waals surface area contributed by atoms with Crippen molar-refractivity contribution >= 4 is 29.5 Å². The summed E-state index contributed by atoms with van der Waals surface area (Å²) in [5.41, 5.74) is 1.98. The number of carbonyl (C=O) groups excluding carboxylic acids is 1. The van der Waals surface area contributed by atoms with Crippen LogP contribution in [0.15, 0.2) is 48.8 Å². The highest BCUT2D eigenvalue weighted by atomic mass is 35.5. The molecular formula is C15H14ClN3O. The van der Waals surface area contributed by atoms with Crippen molar-refractivity contribution in [2.24, 2.45) is 0 Å². The Morgan fingerprint density at radius 2 is 2.00 bits per heavy atom. The first-order valence-electron chi connectivity index (χ1n) is 6.06. The molecule has 1 heterocycles. The molecule has 4 nitrogen and oxygen atoms in total. The maximum Gasteiger partial charge on any atom is 0.324 e. The average molecular weight is 288 g/mol. The van der Waals surface area contributed by atoms with E-state index < -0.39 is 0 Å². The lowest BCUT2D eigenvalue weighted by molar-refractivity contribution is 0.255. The van der Waals surface area contributed by atoms with Crippen LogP contribution >= 0.6 is 11.6 Å². The van der Waals surface area contributed by atoms with Gasteiger partial charge in [-0.1, -0.05) is 23.7 Å². The van der Waals surface area contributed by atoms with Crippen LogP contribution in [0, 0.1) is 6.92 Å². The minimum Gasteiger partial charge on any atom is -0.314 e. The number of carbonyl (C=O) groups is 1. The molecular weight excluding hydrogens is 274 g/mol. The van der Waals surface area contributed by atoms with Crippen molar-refractivity contribution in [1.82, 2.24) is 10.3 Å². The number of amides is 2. The predicted octanol–water partition coefficient (Wildman–Crippen LogP) is 3.84. The van der Waals surface area contributed by atoms with E-state index in [4.69, 9.17) is 11.6 Å². The zero-order valence-electron chi connectivity index (χ0n) is 10.9. The van der Waals surface area contributed by atoms with Gasteiger partial charge in [-0.15, -0.1) is 0 Å². The van der Waals surface area contributed by atoms with Crippen molar-refractivity contribution < 1.29 is 4.79 Å². The van der Waals surface area contributed by atoms with Crippen molar-refractivity contribution in [2.45, 2.75) is 6.92 Å². The van der Waals surface area contributed by atoms with E-state index in [1.165, 1.54) is 0 Å². The number of anilines is 1. The van der Waals surface area contributed by atoms with Crippen LogP contribution in [-0.2, 0) is 0 Å². The van der Waals surface area contributed by atoms with Crippen LogP contribution in [0.25, 0.3) is 6.08 Å². The van der Waals surface area contributed by atoms with Crippen LogP contribution < -0.4 is 10.6 Å². The molecule has 0 unspecified atom stereocenters. The fraction of sp³-hybridized carbons (Fsp3) is 0.0667. The number of pyridine rings is 1. The van der Waals surface area contributed by atoms with E-state index in [-0.39, 0.29) is 6.03 Å². The summed E-state index contributed by atoms with van der Waals surface area (Å²) in [6, 6.07) is 10.6. The number of rotatable bonds is 3. The van der Waals surface area contributed by atoms with E-state index in [0.29, 0.717) is 10.8 Å². The molecule has 1 aromatic heterocycles. The highest BCUT2D eigenvalue weighted by Crippen LogP contribution is 2.10. The SMILES string of the molecule is Cc1ccnc(NC(=O)N/C=C/c2ccc(Cl)cc2)c1. The van der Waals surface area contributed by atoms with Gasteiger partial charge in [0.2, 0.25) is 0 Å². The van der Waals surface area contributed by atoms with E-state index in [1.54, 1.807) is 36.7 Å². The Balaban J connectivity index is 1.87. The van der Waals surface area contributed by atoms with Gasteiger partial charge in [0.1, 0.15) is 5.82 Å². The molecule has 5 heteroatoms. The van der Waals surface area contributed by atoms with Crippen molar-refractivity contribution in [3.63, 3.8) is 0 Å². The highest BCUT2D eigenvalue weighted by molar-refractivity contribution is 6.30. The Kier molecular flexibility index (Phi) is 4.74. The fourth-order valence-electron chi connectivity index (χ4n) is 1.54. The predicted molar refractivity (Wildman–Crippen MR) is 81.6 cm³/mol. The molecule has 0 bridgehead atoms. The summed E-state index contributed by atoms with van der Waals surface area (Å²) in [6.45, 7) is 1.94. The molecule has 0 aliphatic heterocycles. The minimum atomic E-state index is -0.340. The van der Waals surface area contributed by atoms with Gasteiger partial charge in [0, 0.05) is 17.4 Å². The van der Waals surface area contributed by atoms with Gasteiger partial charge < -0.3 is 5.32 Å². The second kappa shape index (κ2) is 6.73. The number of hydrogen-bond acceptors (Lipinski definition) is 2. The molecule has 0 saturated heterocycles. The molecule has 20 heavy (non-hydrogen) atoms. The standard InChI is InChI=1S/C15H14ClN3O/c1-11-6-8-17-14(10-11)19-15(20)18-9-7-12-2-4-13(16)5-3-12/h2-10H,1H3,(H2,17,18,19,20)/b9-7+. The third kappa shape index (κ3) is 4.40. The maximum atomic E-state index is 11.6. The van der Waals surface area contributed by atoms with Crippen LogP contribution in [-0.4, -0.2) is 11.0 Å². The number of urea groups is 1. The molecule has 1 aromatic carbocycles. The topological polar surface area (TPSA) is 54.0 Å². The molecule has 0 radical (unpaired) electrons. The molecule has 2 N–H and O–H groups in total. The summed E-state index contributed by atoms with van der Waals surface area (Å²) in [7, 11) is 0. The highest BCUT2D eigenvalue weighted by Gasteiger charge is 1.99. The Hall–Kier alpha value is -2.33. The first-order chi connectivity index (χ1) is 9.63. The Labute approximate surface area is 122 Å². The van der Waals surface area contributed by atoms with Crippen molar-refractivity contribution in [3.8, 4) is 0 Å². The number of aromatic nitrogens is 1. The zero-order chi connectivity index (χ0) is 14.4. The molecule has 0 atom stereocenters. The number of nitrogens with one attached hydrogen (secondary N) is 2. The quantitative estimate of drug-likeness (QED) is 0.901. The Morgan fingerprint density at radius 3 is 2.70 bits per heavy atom. The van der Waals surface area contributed by atoms with Crippen LogP contribution in [0.3, 0.4) is 0 Å². The Bertz CT molecular complexity index is 623. The Morgan fingerprint density at radius 1 is 1.25 bits per heavy atom. The van der Waals surface area contributed by atoms with E-state index in [1.807, 2.05) is 25.1 Å². The minimum absolute atomic E-state index is 0.340. The molecule has 0 saturated carbocycles. The van der Waals surface area contributed by atoms with Gasteiger partial charge >= 0.3 is 6.03 Å². The molecule has 102 valence electrons. The summed E-state index contributed by atoms with van der Waals surface area (Å²) in [4.78, 5) is 15.7. The zero-order valence-corrected chi connectivity index (χ0v) is 11.7. The number of hydrogen-bond donors (Lipinski definition) is 2. The van der Waals surface area contributed by atoms with Gasteiger partial charge in [0.05, 0.1) is 0 Å². The summed E-state index contributed by atoms with van der Waals surface area (Å²) < 4.78 is 0. The summed E-state index contributed by atoms with van der Waals surface area (Å²) in [5.74, 6) is 0.516. The molecule has 2 rings (SSSR count). The van der Waals surface area contributed by atoms with Crippen LogP contribution in [0.2, 0.25) is 5.02 Å². The van der Waals surface area contributed by atoms with Gasteiger partial charge in [0.15, 0.2) is 0 Å².